The number of fused-ring (bicyclic) bond motifs is 5. The van der Waals surface area contributed by atoms with Crippen LogP contribution in [0.4, 0.5) is 5.82 Å². The summed E-state index contributed by atoms with van der Waals surface area (Å²) in [5, 5.41) is 14.4. The second kappa shape index (κ2) is 7.16. The molecule has 3 heterocycles. The smallest absolute Gasteiger partial charge is 0.258 e. The molecule has 2 bridgehead atoms. The summed E-state index contributed by atoms with van der Waals surface area (Å²) in [6.45, 7) is 3.87. The molecule has 1 atom stereocenters. The molecule has 5 rings (SSSR count). The first-order valence-corrected chi connectivity index (χ1v) is 10.7. The van der Waals surface area contributed by atoms with Gasteiger partial charge in [-0.05, 0) is 26.7 Å². The van der Waals surface area contributed by atoms with Gasteiger partial charge in [-0.1, -0.05) is 30.2 Å². The van der Waals surface area contributed by atoms with E-state index in [-0.39, 0.29) is 17.5 Å². The van der Waals surface area contributed by atoms with Crippen molar-refractivity contribution >= 4 is 11.6 Å². The van der Waals surface area contributed by atoms with E-state index in [1.807, 2.05) is 32.0 Å². The maximum absolute atomic E-state index is 13.9. The highest BCUT2D eigenvalue weighted by Crippen LogP contribution is 2.48. The first-order chi connectivity index (χ1) is 15.3. The van der Waals surface area contributed by atoms with E-state index in [0.29, 0.717) is 34.6 Å². The Morgan fingerprint density at radius 3 is 2.81 bits per heavy atom. The molecule has 0 saturated heterocycles. The Bertz CT molecular complexity index is 1300. The minimum atomic E-state index is -0.553. The Kier molecular flexibility index (Phi) is 4.52. The fraction of sp³-hybridized carbons (Fsp3) is 0.375. The number of aromatic nitrogens is 4. The number of nitrogens with zero attached hydrogens (tertiary/aromatic N) is 5. The second-order valence-electron chi connectivity index (χ2n) is 8.84. The van der Waals surface area contributed by atoms with Gasteiger partial charge in [0.2, 0.25) is 0 Å². The molecular formula is C24H24N6O2. The highest BCUT2D eigenvalue weighted by Gasteiger charge is 2.46. The van der Waals surface area contributed by atoms with Crippen LogP contribution < -0.4 is 10.5 Å². The molecule has 1 saturated carbocycles. The Morgan fingerprint density at radius 1 is 1.34 bits per heavy atom. The van der Waals surface area contributed by atoms with Crippen LogP contribution in [0.2, 0.25) is 0 Å². The summed E-state index contributed by atoms with van der Waals surface area (Å²) in [4.78, 5) is 22.9. The SMILES string of the molecule is Cc1ccc2c(c1)[C@@H](C)Oc1nc(cnc1N)-c1c(nn(C)c1C#N)CC1(CCC1)C2=O. The Balaban J connectivity index is 1.79. The molecule has 1 aliphatic carbocycles. The molecule has 2 N–H and O–H groups in total. The van der Waals surface area contributed by atoms with Gasteiger partial charge < -0.3 is 10.5 Å². The monoisotopic (exact) mass is 428 g/mol. The topological polar surface area (TPSA) is 120 Å². The zero-order valence-corrected chi connectivity index (χ0v) is 18.3. The first kappa shape index (κ1) is 20.2. The number of carbonyl (C=O) groups excluding carboxylic acids is 1. The fourth-order valence-electron chi connectivity index (χ4n) is 4.84. The van der Waals surface area contributed by atoms with Crippen molar-refractivity contribution in [1.29, 1.82) is 5.26 Å². The second-order valence-corrected chi connectivity index (χ2v) is 8.84. The normalized spacial score (nSPS) is 18.9. The van der Waals surface area contributed by atoms with E-state index < -0.39 is 11.5 Å². The molecule has 1 spiro atoms. The Hall–Kier alpha value is -3.73. The van der Waals surface area contributed by atoms with Gasteiger partial charge in [-0.2, -0.15) is 10.4 Å². The van der Waals surface area contributed by atoms with Crippen LogP contribution in [-0.4, -0.2) is 25.5 Å². The number of ketones is 1. The summed E-state index contributed by atoms with van der Waals surface area (Å²) in [5.74, 6) is 0.428. The number of carbonyl (C=O) groups is 1. The van der Waals surface area contributed by atoms with Gasteiger partial charge >= 0.3 is 0 Å². The summed E-state index contributed by atoms with van der Waals surface area (Å²) in [5.41, 5.74) is 10.1. The minimum absolute atomic E-state index is 0.104. The summed E-state index contributed by atoms with van der Waals surface area (Å²) >= 11 is 0. The number of nitriles is 1. The molecule has 0 radical (unpaired) electrons. The molecule has 8 heteroatoms. The van der Waals surface area contributed by atoms with E-state index in [0.717, 1.165) is 30.4 Å². The van der Waals surface area contributed by atoms with Gasteiger partial charge in [-0.15, -0.1) is 0 Å². The lowest BCUT2D eigenvalue weighted by Crippen LogP contribution is -2.41. The summed E-state index contributed by atoms with van der Waals surface area (Å²) < 4.78 is 7.68. The number of nitrogen functional groups attached to an aromatic ring is 1. The summed E-state index contributed by atoms with van der Waals surface area (Å²) in [6.07, 6.45) is 4.07. The van der Waals surface area contributed by atoms with Gasteiger partial charge in [-0.25, -0.2) is 9.97 Å². The predicted molar refractivity (Wildman–Crippen MR) is 118 cm³/mol. The first-order valence-electron chi connectivity index (χ1n) is 10.7. The average molecular weight is 428 g/mol. The lowest BCUT2D eigenvalue weighted by atomic mass is 9.61. The molecule has 0 unspecified atom stereocenters. The number of nitrogens with two attached hydrogens (primary N) is 1. The molecular weight excluding hydrogens is 404 g/mol. The predicted octanol–water partition coefficient (Wildman–Crippen LogP) is 3.69. The van der Waals surface area contributed by atoms with Crippen LogP contribution in [-0.2, 0) is 13.5 Å². The quantitative estimate of drug-likeness (QED) is 0.580. The summed E-state index contributed by atoms with van der Waals surface area (Å²) in [7, 11) is 1.72. The molecule has 2 aromatic heterocycles. The van der Waals surface area contributed by atoms with E-state index in [9.17, 15) is 10.1 Å². The van der Waals surface area contributed by atoms with Crippen LogP contribution in [0, 0.1) is 23.7 Å². The molecule has 1 aromatic carbocycles. The largest absolute Gasteiger partial charge is 0.467 e. The van der Waals surface area contributed by atoms with E-state index in [1.165, 1.54) is 6.20 Å². The third-order valence-corrected chi connectivity index (χ3v) is 6.73. The van der Waals surface area contributed by atoms with Crippen molar-refractivity contribution in [2.45, 2.75) is 45.6 Å². The number of ether oxygens (including phenoxy) is 1. The molecule has 162 valence electrons. The lowest BCUT2D eigenvalue weighted by Gasteiger charge is -2.41. The minimum Gasteiger partial charge on any atom is -0.467 e. The molecule has 2 aliphatic rings. The van der Waals surface area contributed by atoms with Crippen LogP contribution in [0.5, 0.6) is 5.88 Å². The zero-order chi connectivity index (χ0) is 22.6. The fourth-order valence-corrected chi connectivity index (χ4v) is 4.84. The van der Waals surface area contributed by atoms with E-state index >= 15 is 0 Å². The highest BCUT2D eigenvalue weighted by atomic mass is 16.5. The molecule has 1 fully saturated rings. The van der Waals surface area contributed by atoms with Gasteiger partial charge in [0.25, 0.3) is 5.88 Å². The van der Waals surface area contributed by atoms with Gasteiger partial charge in [-0.3, -0.25) is 9.48 Å². The van der Waals surface area contributed by atoms with Crippen molar-refractivity contribution in [3.05, 3.63) is 52.5 Å². The number of rotatable bonds is 0. The van der Waals surface area contributed by atoms with Crippen molar-refractivity contribution in [3.63, 3.8) is 0 Å². The Morgan fingerprint density at radius 2 is 2.12 bits per heavy atom. The third kappa shape index (κ3) is 2.96. The zero-order valence-electron chi connectivity index (χ0n) is 18.3. The van der Waals surface area contributed by atoms with Gasteiger partial charge in [0.05, 0.1) is 23.1 Å². The van der Waals surface area contributed by atoms with Gasteiger partial charge in [0.1, 0.15) is 17.9 Å². The average Bonchev–Trinajstić information content (AvgIpc) is 3.05. The van der Waals surface area contributed by atoms with Crippen LogP contribution >= 0.6 is 0 Å². The Labute approximate surface area is 186 Å². The van der Waals surface area contributed by atoms with Crippen LogP contribution in [0.15, 0.2) is 24.4 Å². The highest BCUT2D eigenvalue weighted by molar-refractivity contribution is 6.02. The van der Waals surface area contributed by atoms with Crippen molar-refractivity contribution < 1.29 is 9.53 Å². The van der Waals surface area contributed by atoms with E-state index in [4.69, 9.17) is 10.5 Å². The van der Waals surface area contributed by atoms with Crippen LogP contribution in [0.3, 0.4) is 0 Å². The maximum Gasteiger partial charge on any atom is 0.258 e. The molecule has 32 heavy (non-hydrogen) atoms. The van der Waals surface area contributed by atoms with Crippen molar-refractivity contribution in [3.8, 4) is 23.2 Å². The molecule has 8 nitrogen and oxygen atoms in total. The standard InChI is InChI=1S/C24H24N6O2/c1-13-5-6-15-16(9-13)14(2)32-23-22(26)27-12-18(28-23)20-17(29-30(3)19(20)11-25)10-24(21(15)31)7-4-8-24/h5-6,9,12,14H,4,7-8,10H2,1-3H3,(H2,26,27)/t14-/m1/s1. The summed E-state index contributed by atoms with van der Waals surface area (Å²) in [6, 6.07) is 8.06. The van der Waals surface area contributed by atoms with Crippen molar-refractivity contribution in [2.24, 2.45) is 12.5 Å². The van der Waals surface area contributed by atoms with E-state index in [1.54, 1.807) is 11.7 Å². The number of anilines is 1. The molecule has 1 aliphatic heterocycles. The maximum atomic E-state index is 13.9. The van der Waals surface area contributed by atoms with Crippen LogP contribution in [0.25, 0.3) is 11.3 Å². The van der Waals surface area contributed by atoms with E-state index in [2.05, 4.69) is 21.1 Å². The number of Topliss-reactive ketones (excluding diaryl/α,β-unsaturated/α-hetero) is 1. The number of benzene rings is 1. The van der Waals surface area contributed by atoms with Gasteiger partial charge in [0, 0.05) is 30.0 Å². The van der Waals surface area contributed by atoms with Crippen molar-refractivity contribution in [2.75, 3.05) is 5.73 Å². The third-order valence-electron chi connectivity index (χ3n) is 6.73. The lowest BCUT2D eigenvalue weighted by molar-refractivity contribution is 0.0601. The number of hydrogen-bond acceptors (Lipinski definition) is 7. The number of hydrogen-bond donors (Lipinski definition) is 1. The van der Waals surface area contributed by atoms with Crippen LogP contribution in [0.1, 0.15) is 65.2 Å². The number of aryl methyl sites for hydroxylation is 2. The molecule has 0 amide bonds. The van der Waals surface area contributed by atoms with Crippen molar-refractivity contribution in [1.82, 2.24) is 19.7 Å². The van der Waals surface area contributed by atoms with Gasteiger partial charge in [0.15, 0.2) is 11.6 Å². The molecule has 3 aromatic rings.